The Labute approximate surface area is 146 Å². The van der Waals surface area contributed by atoms with Gasteiger partial charge >= 0.3 is 0 Å². The summed E-state index contributed by atoms with van der Waals surface area (Å²) in [5.41, 5.74) is 1.03. The van der Waals surface area contributed by atoms with Crippen molar-refractivity contribution in [1.82, 2.24) is 34.3 Å². The summed E-state index contributed by atoms with van der Waals surface area (Å²) >= 11 is 0. The molecule has 1 fully saturated rings. The molecule has 132 valence electrons. The van der Waals surface area contributed by atoms with Crippen LogP contribution in [0.5, 0.6) is 0 Å². The molecule has 0 radical (unpaired) electrons. The zero-order chi connectivity index (χ0) is 17.4. The van der Waals surface area contributed by atoms with E-state index < -0.39 is 0 Å². The SMILES string of the molecule is CCc1cc(N2CCCC2c2nncn2CC(C)C)n2ncnc2n1. The van der Waals surface area contributed by atoms with E-state index >= 15 is 0 Å². The largest absolute Gasteiger partial charge is 0.346 e. The lowest BCUT2D eigenvalue weighted by molar-refractivity contribution is 0.487. The molecule has 0 saturated carbocycles. The van der Waals surface area contributed by atoms with Crippen molar-refractivity contribution >= 4 is 11.6 Å². The average Bonchev–Trinajstić information content (AvgIpc) is 3.32. The van der Waals surface area contributed by atoms with Crippen LogP contribution in [0.1, 0.15) is 51.2 Å². The highest BCUT2D eigenvalue weighted by Crippen LogP contribution is 2.35. The van der Waals surface area contributed by atoms with Gasteiger partial charge in [0.1, 0.15) is 18.5 Å². The Bertz CT molecular complexity index is 865. The molecular weight excluding hydrogens is 316 g/mol. The third-order valence-electron chi connectivity index (χ3n) is 4.70. The molecule has 1 unspecified atom stereocenters. The van der Waals surface area contributed by atoms with Crippen LogP contribution in [-0.4, -0.2) is 40.9 Å². The highest BCUT2D eigenvalue weighted by molar-refractivity contribution is 5.49. The van der Waals surface area contributed by atoms with Crippen LogP contribution in [0.3, 0.4) is 0 Å². The molecule has 0 aliphatic carbocycles. The molecule has 1 aliphatic heterocycles. The highest BCUT2D eigenvalue weighted by atomic mass is 15.4. The second kappa shape index (κ2) is 6.42. The van der Waals surface area contributed by atoms with Crippen LogP contribution in [0.25, 0.3) is 5.78 Å². The van der Waals surface area contributed by atoms with Gasteiger partial charge in [-0.2, -0.15) is 14.6 Å². The number of anilines is 1. The first-order chi connectivity index (χ1) is 12.2. The summed E-state index contributed by atoms with van der Waals surface area (Å²) in [5, 5.41) is 13.0. The first kappa shape index (κ1) is 16.0. The topological polar surface area (TPSA) is 77.0 Å². The van der Waals surface area contributed by atoms with E-state index in [2.05, 4.69) is 61.6 Å². The molecule has 0 spiro atoms. The van der Waals surface area contributed by atoms with Gasteiger partial charge in [0.05, 0.1) is 6.04 Å². The van der Waals surface area contributed by atoms with Crippen molar-refractivity contribution in [2.24, 2.45) is 5.92 Å². The third-order valence-corrected chi connectivity index (χ3v) is 4.70. The van der Waals surface area contributed by atoms with Crippen molar-refractivity contribution in [3.63, 3.8) is 0 Å². The fraction of sp³-hybridized carbons (Fsp3) is 0.588. The molecule has 8 heteroatoms. The Kier molecular flexibility index (Phi) is 4.10. The van der Waals surface area contributed by atoms with E-state index in [-0.39, 0.29) is 6.04 Å². The van der Waals surface area contributed by atoms with Gasteiger partial charge in [-0.25, -0.2) is 4.98 Å². The van der Waals surface area contributed by atoms with E-state index in [0.717, 1.165) is 49.7 Å². The molecule has 3 aromatic heterocycles. The van der Waals surface area contributed by atoms with Gasteiger partial charge in [-0.3, -0.25) is 0 Å². The van der Waals surface area contributed by atoms with Gasteiger partial charge in [-0.1, -0.05) is 20.8 Å². The van der Waals surface area contributed by atoms with E-state index in [1.807, 2.05) is 10.8 Å². The summed E-state index contributed by atoms with van der Waals surface area (Å²) in [6.07, 6.45) is 6.48. The zero-order valence-electron chi connectivity index (χ0n) is 15.0. The van der Waals surface area contributed by atoms with Crippen LogP contribution in [0.4, 0.5) is 5.82 Å². The number of hydrogen-bond donors (Lipinski definition) is 0. The van der Waals surface area contributed by atoms with Gasteiger partial charge in [-0.05, 0) is 25.2 Å². The van der Waals surface area contributed by atoms with E-state index in [0.29, 0.717) is 11.7 Å². The molecule has 1 aliphatic rings. The molecule has 25 heavy (non-hydrogen) atoms. The second-order valence-corrected chi connectivity index (χ2v) is 7.02. The van der Waals surface area contributed by atoms with Crippen LogP contribution in [0, 0.1) is 5.92 Å². The van der Waals surface area contributed by atoms with Crippen molar-refractivity contribution in [2.75, 3.05) is 11.4 Å². The number of nitrogens with zero attached hydrogens (tertiary/aromatic N) is 8. The lowest BCUT2D eigenvalue weighted by atomic mass is 10.2. The van der Waals surface area contributed by atoms with E-state index in [1.54, 1.807) is 6.33 Å². The van der Waals surface area contributed by atoms with Gasteiger partial charge in [0.15, 0.2) is 5.82 Å². The summed E-state index contributed by atoms with van der Waals surface area (Å²) < 4.78 is 4.02. The number of hydrogen-bond acceptors (Lipinski definition) is 6. The monoisotopic (exact) mass is 340 g/mol. The Morgan fingerprint density at radius 1 is 1.32 bits per heavy atom. The maximum atomic E-state index is 4.56. The molecule has 1 atom stereocenters. The lowest BCUT2D eigenvalue weighted by Gasteiger charge is -2.27. The van der Waals surface area contributed by atoms with Crippen LogP contribution in [0.15, 0.2) is 18.7 Å². The first-order valence-corrected chi connectivity index (χ1v) is 9.01. The minimum atomic E-state index is 0.209. The summed E-state index contributed by atoms with van der Waals surface area (Å²) in [5.74, 6) is 3.29. The van der Waals surface area contributed by atoms with E-state index in [4.69, 9.17) is 0 Å². The number of aryl methyl sites for hydroxylation is 1. The lowest BCUT2D eigenvalue weighted by Crippen LogP contribution is -2.28. The fourth-order valence-electron chi connectivity index (χ4n) is 3.60. The zero-order valence-corrected chi connectivity index (χ0v) is 15.0. The van der Waals surface area contributed by atoms with Crippen LogP contribution in [0.2, 0.25) is 0 Å². The van der Waals surface area contributed by atoms with Gasteiger partial charge in [0.2, 0.25) is 0 Å². The van der Waals surface area contributed by atoms with E-state index in [1.165, 1.54) is 0 Å². The standard InChI is InChI=1S/C17H24N8/c1-4-13-8-15(25-17(21-13)18-10-20-25)24-7-5-6-14(24)16-22-19-11-23(16)9-12(2)3/h8,10-12,14H,4-7,9H2,1-3H3. The van der Waals surface area contributed by atoms with Crippen molar-refractivity contribution < 1.29 is 0 Å². The highest BCUT2D eigenvalue weighted by Gasteiger charge is 2.32. The molecule has 1 saturated heterocycles. The first-order valence-electron chi connectivity index (χ1n) is 9.01. The third kappa shape index (κ3) is 2.85. The van der Waals surface area contributed by atoms with Gasteiger partial charge in [-0.15, -0.1) is 10.2 Å². The Morgan fingerprint density at radius 3 is 3.00 bits per heavy atom. The molecule has 3 aromatic rings. The summed E-state index contributed by atoms with van der Waals surface area (Å²) in [6, 6.07) is 2.34. The average molecular weight is 340 g/mol. The minimum Gasteiger partial charge on any atom is -0.346 e. The van der Waals surface area contributed by atoms with Gasteiger partial charge in [0, 0.05) is 24.8 Å². The molecule has 0 aromatic carbocycles. The molecule has 4 heterocycles. The smallest absolute Gasteiger partial charge is 0.254 e. The fourth-order valence-corrected chi connectivity index (χ4v) is 3.60. The summed E-state index contributed by atoms with van der Waals surface area (Å²) in [6.45, 7) is 8.44. The maximum absolute atomic E-state index is 4.56. The van der Waals surface area contributed by atoms with Crippen molar-refractivity contribution in [2.45, 2.75) is 52.6 Å². The van der Waals surface area contributed by atoms with Crippen LogP contribution >= 0.6 is 0 Å². The van der Waals surface area contributed by atoms with Gasteiger partial charge < -0.3 is 9.47 Å². The van der Waals surface area contributed by atoms with Crippen LogP contribution < -0.4 is 4.90 Å². The Hall–Kier alpha value is -2.51. The minimum absolute atomic E-state index is 0.209. The van der Waals surface area contributed by atoms with Crippen molar-refractivity contribution in [3.05, 3.63) is 30.2 Å². The summed E-state index contributed by atoms with van der Waals surface area (Å²) in [4.78, 5) is 11.2. The normalized spacial score (nSPS) is 17.9. The van der Waals surface area contributed by atoms with Crippen LogP contribution in [-0.2, 0) is 13.0 Å². The number of aromatic nitrogens is 7. The molecule has 8 nitrogen and oxygen atoms in total. The molecule has 0 amide bonds. The van der Waals surface area contributed by atoms with E-state index in [9.17, 15) is 0 Å². The maximum Gasteiger partial charge on any atom is 0.254 e. The molecule has 4 rings (SSSR count). The Morgan fingerprint density at radius 2 is 2.20 bits per heavy atom. The van der Waals surface area contributed by atoms with Crippen molar-refractivity contribution in [1.29, 1.82) is 0 Å². The van der Waals surface area contributed by atoms with Gasteiger partial charge in [0.25, 0.3) is 5.78 Å². The summed E-state index contributed by atoms with van der Waals surface area (Å²) in [7, 11) is 0. The Balaban J connectivity index is 1.76. The predicted octanol–water partition coefficient (Wildman–Crippen LogP) is 2.28. The number of fused-ring (bicyclic) bond motifs is 1. The predicted molar refractivity (Wildman–Crippen MR) is 94.3 cm³/mol. The number of rotatable bonds is 5. The van der Waals surface area contributed by atoms with Crippen molar-refractivity contribution in [3.8, 4) is 0 Å². The molecule has 0 N–H and O–H groups in total. The molecular formula is C17H24N8. The quantitative estimate of drug-likeness (QED) is 0.709. The molecule has 0 bridgehead atoms. The second-order valence-electron chi connectivity index (χ2n) is 7.02.